The lowest BCUT2D eigenvalue weighted by atomic mass is 10.1. The molecule has 17 heavy (non-hydrogen) atoms. The molecule has 1 atom stereocenters. The van der Waals surface area contributed by atoms with Gasteiger partial charge in [0.1, 0.15) is 0 Å². The van der Waals surface area contributed by atoms with Crippen LogP contribution in [0.4, 0.5) is 17.6 Å². The maximum Gasteiger partial charge on any atom is 0.573 e. The number of hydrogen-bond acceptors (Lipinski definition) is 2. The molecular weight excluding hydrogens is 262 g/mol. The second-order valence-electron chi connectivity index (χ2n) is 3.00. The minimum absolute atomic E-state index is 0. The Balaban J connectivity index is 0.00000256. The van der Waals surface area contributed by atoms with Crippen LogP contribution in [0.5, 0.6) is 5.75 Å². The number of alkyl halides is 3. The molecular formula is C10H10ClF4NO. The smallest absolute Gasteiger partial charge is 0.403 e. The van der Waals surface area contributed by atoms with E-state index in [1.165, 1.54) is 12.1 Å². The fourth-order valence-corrected chi connectivity index (χ4v) is 1.07. The summed E-state index contributed by atoms with van der Waals surface area (Å²) in [5.41, 5.74) is 5.81. The molecule has 0 aliphatic heterocycles. The van der Waals surface area contributed by atoms with E-state index in [-0.39, 0.29) is 12.4 Å². The van der Waals surface area contributed by atoms with Crippen LogP contribution in [0.1, 0.15) is 11.6 Å². The highest BCUT2D eigenvalue weighted by atomic mass is 35.5. The van der Waals surface area contributed by atoms with Gasteiger partial charge in [-0.25, -0.2) is 4.39 Å². The quantitative estimate of drug-likeness (QED) is 0.676. The van der Waals surface area contributed by atoms with Gasteiger partial charge in [0.2, 0.25) is 0 Å². The molecule has 0 saturated heterocycles. The maximum absolute atomic E-state index is 13.2. The van der Waals surface area contributed by atoms with E-state index in [0.717, 1.165) is 12.1 Å². The van der Waals surface area contributed by atoms with Crippen LogP contribution in [0, 0.1) is 5.82 Å². The van der Waals surface area contributed by atoms with Crippen molar-refractivity contribution < 1.29 is 22.3 Å². The van der Waals surface area contributed by atoms with E-state index in [2.05, 4.69) is 11.3 Å². The Morgan fingerprint density at radius 2 is 1.94 bits per heavy atom. The summed E-state index contributed by atoms with van der Waals surface area (Å²) in [4.78, 5) is 0. The fraction of sp³-hybridized carbons (Fsp3) is 0.200. The molecule has 1 rings (SSSR count). The van der Waals surface area contributed by atoms with Crippen LogP contribution in [0.15, 0.2) is 30.9 Å². The average molecular weight is 272 g/mol. The summed E-state index contributed by atoms with van der Waals surface area (Å²) in [6, 6.07) is 2.38. The van der Waals surface area contributed by atoms with Gasteiger partial charge in [0.15, 0.2) is 11.6 Å². The first-order valence-corrected chi connectivity index (χ1v) is 4.27. The number of benzene rings is 1. The van der Waals surface area contributed by atoms with Gasteiger partial charge < -0.3 is 10.5 Å². The van der Waals surface area contributed by atoms with E-state index in [9.17, 15) is 17.6 Å². The summed E-state index contributed by atoms with van der Waals surface area (Å²) in [6.45, 7) is 3.39. The van der Waals surface area contributed by atoms with E-state index >= 15 is 0 Å². The van der Waals surface area contributed by atoms with Crippen LogP contribution in [0.3, 0.4) is 0 Å². The molecule has 0 aromatic heterocycles. The van der Waals surface area contributed by atoms with Crippen molar-refractivity contribution in [1.82, 2.24) is 0 Å². The Bertz CT molecular complexity index is 394. The van der Waals surface area contributed by atoms with E-state index in [1.54, 1.807) is 0 Å². The molecule has 0 unspecified atom stereocenters. The molecule has 1 aromatic rings. The number of halogens is 5. The van der Waals surface area contributed by atoms with Crippen molar-refractivity contribution in [2.24, 2.45) is 5.73 Å². The molecule has 0 radical (unpaired) electrons. The molecule has 0 saturated carbocycles. The van der Waals surface area contributed by atoms with Crippen molar-refractivity contribution in [3.8, 4) is 5.75 Å². The highest BCUT2D eigenvalue weighted by molar-refractivity contribution is 5.85. The van der Waals surface area contributed by atoms with Gasteiger partial charge >= 0.3 is 6.36 Å². The van der Waals surface area contributed by atoms with Crippen LogP contribution in [0.25, 0.3) is 0 Å². The molecule has 2 nitrogen and oxygen atoms in total. The minimum Gasteiger partial charge on any atom is -0.403 e. The minimum atomic E-state index is -4.91. The van der Waals surface area contributed by atoms with Crippen LogP contribution >= 0.6 is 12.4 Å². The van der Waals surface area contributed by atoms with Crippen molar-refractivity contribution in [3.63, 3.8) is 0 Å². The van der Waals surface area contributed by atoms with E-state index in [4.69, 9.17) is 5.73 Å². The summed E-state index contributed by atoms with van der Waals surface area (Å²) < 4.78 is 52.1. The topological polar surface area (TPSA) is 35.2 Å². The molecule has 0 fully saturated rings. The highest BCUT2D eigenvalue weighted by Crippen LogP contribution is 2.27. The summed E-state index contributed by atoms with van der Waals surface area (Å²) in [5, 5.41) is 0. The highest BCUT2D eigenvalue weighted by Gasteiger charge is 2.32. The molecule has 0 aliphatic carbocycles. The summed E-state index contributed by atoms with van der Waals surface area (Å²) in [7, 11) is 0. The molecule has 7 heteroatoms. The monoisotopic (exact) mass is 271 g/mol. The number of hydrogen-bond donors (Lipinski definition) is 1. The zero-order valence-electron chi connectivity index (χ0n) is 8.50. The van der Waals surface area contributed by atoms with Crippen molar-refractivity contribution in [2.45, 2.75) is 12.4 Å². The lowest BCUT2D eigenvalue weighted by molar-refractivity contribution is -0.275. The van der Waals surface area contributed by atoms with Gasteiger partial charge in [-0.1, -0.05) is 12.1 Å². The van der Waals surface area contributed by atoms with Crippen LogP contribution in [-0.4, -0.2) is 6.36 Å². The number of ether oxygens (including phenoxy) is 1. The number of nitrogens with two attached hydrogens (primary N) is 1. The lowest BCUT2D eigenvalue weighted by Gasteiger charge is -2.12. The molecule has 1 aromatic carbocycles. The van der Waals surface area contributed by atoms with E-state index in [0.29, 0.717) is 5.56 Å². The molecule has 0 bridgehead atoms. The van der Waals surface area contributed by atoms with Crippen LogP contribution in [-0.2, 0) is 0 Å². The van der Waals surface area contributed by atoms with Crippen molar-refractivity contribution in [2.75, 3.05) is 0 Å². The second kappa shape index (κ2) is 5.88. The first-order chi connectivity index (χ1) is 7.33. The molecule has 0 aliphatic rings. The second-order valence-corrected chi connectivity index (χ2v) is 3.00. The van der Waals surface area contributed by atoms with Crippen molar-refractivity contribution in [1.29, 1.82) is 0 Å². The SMILES string of the molecule is C=C[C@@H](N)c1ccc(OC(F)(F)F)c(F)c1.Cl. The van der Waals surface area contributed by atoms with Gasteiger partial charge in [-0.2, -0.15) is 0 Å². The maximum atomic E-state index is 13.2. The van der Waals surface area contributed by atoms with Crippen molar-refractivity contribution in [3.05, 3.63) is 42.2 Å². The largest absolute Gasteiger partial charge is 0.573 e. The zero-order valence-corrected chi connectivity index (χ0v) is 9.32. The predicted molar refractivity (Wildman–Crippen MR) is 57.5 cm³/mol. The van der Waals surface area contributed by atoms with Crippen molar-refractivity contribution >= 4 is 12.4 Å². The average Bonchev–Trinajstić information content (AvgIpc) is 2.18. The van der Waals surface area contributed by atoms with Crippen LogP contribution in [0.2, 0.25) is 0 Å². The lowest BCUT2D eigenvalue weighted by Crippen LogP contribution is -2.18. The van der Waals surface area contributed by atoms with Gasteiger partial charge in [-0.15, -0.1) is 32.2 Å². The molecule has 0 spiro atoms. The zero-order chi connectivity index (χ0) is 12.3. The van der Waals surface area contributed by atoms with Gasteiger partial charge in [0, 0.05) is 6.04 Å². The molecule has 96 valence electrons. The Morgan fingerprint density at radius 1 is 1.35 bits per heavy atom. The number of rotatable bonds is 3. The van der Waals surface area contributed by atoms with E-state index < -0.39 is 24.0 Å². The van der Waals surface area contributed by atoms with Gasteiger partial charge in [0.05, 0.1) is 0 Å². The Hall–Kier alpha value is -1.27. The summed E-state index contributed by atoms with van der Waals surface area (Å²) in [6.07, 6.45) is -3.57. The molecule has 2 N–H and O–H groups in total. The molecule has 0 amide bonds. The third-order valence-corrected chi connectivity index (χ3v) is 1.82. The molecule has 0 heterocycles. The third-order valence-electron chi connectivity index (χ3n) is 1.82. The fourth-order valence-electron chi connectivity index (χ4n) is 1.07. The first-order valence-electron chi connectivity index (χ1n) is 4.27. The summed E-state index contributed by atoms with van der Waals surface area (Å²) >= 11 is 0. The third kappa shape index (κ3) is 4.62. The standard InChI is InChI=1S/C10H9F4NO.ClH/c1-2-8(15)6-3-4-9(7(11)5-6)16-10(12,13)14;/h2-5,8H,1,15H2;1H/t8-;/m1./s1. The Morgan fingerprint density at radius 3 is 2.35 bits per heavy atom. The van der Waals surface area contributed by atoms with Gasteiger partial charge in [-0.05, 0) is 17.7 Å². The Labute approximate surface area is 101 Å². The first kappa shape index (κ1) is 15.7. The predicted octanol–water partition coefficient (Wildman–Crippen LogP) is 3.33. The summed E-state index contributed by atoms with van der Waals surface area (Å²) in [5.74, 6) is -2.00. The normalized spacial score (nSPS) is 12.5. The van der Waals surface area contributed by atoms with Crippen LogP contribution < -0.4 is 10.5 Å². The van der Waals surface area contributed by atoms with Gasteiger partial charge in [-0.3, -0.25) is 0 Å². The van der Waals surface area contributed by atoms with E-state index in [1.807, 2.05) is 0 Å². The Kier molecular flexibility index (Phi) is 5.44. The van der Waals surface area contributed by atoms with Gasteiger partial charge in [0.25, 0.3) is 0 Å².